The Balaban J connectivity index is 2.28. The van der Waals surface area contributed by atoms with Crippen molar-refractivity contribution in [3.63, 3.8) is 0 Å². The van der Waals surface area contributed by atoms with Gasteiger partial charge in [-0.25, -0.2) is 4.79 Å². The van der Waals surface area contributed by atoms with Crippen molar-refractivity contribution in [2.45, 2.75) is 59.0 Å². The molecule has 0 spiro atoms. The zero-order valence-corrected chi connectivity index (χ0v) is 27.1. The van der Waals surface area contributed by atoms with E-state index in [0.717, 1.165) is 54.5 Å². The van der Waals surface area contributed by atoms with Crippen molar-refractivity contribution in [3.05, 3.63) is 108 Å². The van der Waals surface area contributed by atoms with Crippen LogP contribution in [-0.4, -0.2) is 62.2 Å². The van der Waals surface area contributed by atoms with Crippen LogP contribution >= 0.6 is 0 Å². The molecule has 0 saturated heterocycles. The number of allylic oxidation sites excluding steroid dienone is 4. The van der Waals surface area contributed by atoms with E-state index in [4.69, 9.17) is 4.74 Å². The van der Waals surface area contributed by atoms with Crippen LogP contribution in [0.25, 0.3) is 5.57 Å². The molecule has 2 rings (SSSR count). The highest BCUT2D eigenvalue weighted by Crippen LogP contribution is 2.32. The molecule has 0 bridgehead atoms. The predicted molar refractivity (Wildman–Crippen MR) is 183 cm³/mol. The molecule has 0 unspecified atom stereocenters. The third-order valence-electron chi connectivity index (χ3n) is 7.27. The maximum absolute atomic E-state index is 13.1. The van der Waals surface area contributed by atoms with Gasteiger partial charge in [0.25, 0.3) is 0 Å². The van der Waals surface area contributed by atoms with Gasteiger partial charge in [-0.15, -0.1) is 0 Å². The average molecular weight is 602 g/mol. The maximum Gasteiger partial charge on any atom is 0.335 e. The fraction of sp³-hybridized carbons (Fsp3) is 0.405. The number of rotatable bonds is 21. The van der Waals surface area contributed by atoms with Gasteiger partial charge in [0.05, 0.1) is 12.1 Å². The molecular formula is C37H51N3O4. The third kappa shape index (κ3) is 13.5. The monoisotopic (exact) mass is 601 g/mol. The van der Waals surface area contributed by atoms with Crippen LogP contribution in [0, 0.1) is 0 Å². The lowest BCUT2D eigenvalue weighted by Crippen LogP contribution is -2.41. The van der Waals surface area contributed by atoms with E-state index in [0.29, 0.717) is 37.6 Å². The first-order valence-electron chi connectivity index (χ1n) is 15.5. The summed E-state index contributed by atoms with van der Waals surface area (Å²) in [4.78, 5) is 29.1. The number of hydrogen-bond donors (Lipinski definition) is 2. The Kier molecular flexibility index (Phi) is 16.4. The molecule has 1 amide bonds. The number of carboxylic acid groups (broad SMARTS) is 1. The van der Waals surface area contributed by atoms with Crippen LogP contribution in [-0.2, 0) is 16.1 Å². The minimum absolute atomic E-state index is 0.0839. The molecule has 2 aromatic rings. The lowest BCUT2D eigenvalue weighted by Gasteiger charge is -2.29. The number of anilines is 1. The molecule has 7 heteroatoms. The molecule has 0 heterocycles. The summed E-state index contributed by atoms with van der Waals surface area (Å²) in [7, 11) is 3.92. The highest BCUT2D eigenvalue weighted by molar-refractivity contribution is 5.92. The number of carbonyl (C=O) groups is 2. The van der Waals surface area contributed by atoms with Gasteiger partial charge in [0, 0.05) is 30.9 Å². The van der Waals surface area contributed by atoms with Gasteiger partial charge in [-0.05, 0) is 69.6 Å². The van der Waals surface area contributed by atoms with Gasteiger partial charge in [-0.2, -0.15) is 0 Å². The van der Waals surface area contributed by atoms with Crippen molar-refractivity contribution in [1.29, 1.82) is 0 Å². The molecule has 7 nitrogen and oxygen atoms in total. The van der Waals surface area contributed by atoms with E-state index in [1.165, 1.54) is 6.42 Å². The summed E-state index contributed by atoms with van der Waals surface area (Å²) in [5.41, 5.74) is 4.84. The zero-order valence-electron chi connectivity index (χ0n) is 27.1. The first kappa shape index (κ1) is 36.1. The van der Waals surface area contributed by atoms with Gasteiger partial charge in [-0.1, -0.05) is 93.5 Å². The van der Waals surface area contributed by atoms with Crippen molar-refractivity contribution in [2.24, 2.45) is 0 Å². The number of nitrogens with one attached hydrogen (secondary N) is 1. The smallest absolute Gasteiger partial charge is 0.335 e. The molecule has 0 fully saturated rings. The minimum atomic E-state index is -1.01. The molecule has 0 aliphatic carbocycles. The van der Waals surface area contributed by atoms with Gasteiger partial charge in [-0.3, -0.25) is 4.79 Å². The second kappa shape index (κ2) is 20.0. The first-order chi connectivity index (χ1) is 21.1. The van der Waals surface area contributed by atoms with Crippen LogP contribution in [0.4, 0.5) is 5.69 Å². The van der Waals surface area contributed by atoms with E-state index in [9.17, 15) is 14.7 Å². The van der Waals surface area contributed by atoms with E-state index >= 15 is 0 Å². The molecule has 0 saturated carbocycles. The van der Waals surface area contributed by atoms with Crippen molar-refractivity contribution in [3.8, 4) is 0 Å². The minimum Gasteiger partial charge on any atom is -0.490 e. The Morgan fingerprint density at radius 1 is 1.02 bits per heavy atom. The maximum atomic E-state index is 13.1. The number of likely N-dealkylation sites (N-methyl/N-ethyl adjacent to an activating group) is 1. The van der Waals surface area contributed by atoms with E-state index in [-0.39, 0.29) is 18.0 Å². The summed E-state index contributed by atoms with van der Waals surface area (Å²) in [6, 6.07) is 15.1. The molecule has 2 aromatic carbocycles. The summed E-state index contributed by atoms with van der Waals surface area (Å²) in [6.45, 7) is 14.8. The summed E-state index contributed by atoms with van der Waals surface area (Å²) in [5, 5.41) is 12.8. The van der Waals surface area contributed by atoms with Crippen LogP contribution < -0.4 is 10.2 Å². The number of ether oxygens (including phenoxy) is 1. The fourth-order valence-electron chi connectivity index (χ4n) is 4.66. The molecule has 0 aliphatic rings. The van der Waals surface area contributed by atoms with Crippen LogP contribution in [0.1, 0.15) is 73.9 Å². The lowest BCUT2D eigenvalue weighted by atomic mass is 9.96. The average Bonchev–Trinajstić information content (AvgIpc) is 3.01. The van der Waals surface area contributed by atoms with Gasteiger partial charge in [0.2, 0.25) is 5.91 Å². The van der Waals surface area contributed by atoms with E-state index in [2.05, 4.69) is 25.4 Å². The second-order valence-corrected chi connectivity index (χ2v) is 11.3. The summed E-state index contributed by atoms with van der Waals surface area (Å²) in [5.74, 6) is -0.567. The first-order valence-corrected chi connectivity index (χ1v) is 15.5. The standard InChI is InChI=1S/C37H51N3O4/c1-7-9-10-12-16-29(3)34-22-21-33(37(42)43)25-35(34)40(27-36(41)38-23-24-39(5)6)26-31(8-2)20-15-17-30(4)44-28-32-18-13-11-14-19-32/h8,11,13-15,17-19,21-22,25H,3-4,7,9-10,12,16,20,23-24,26-28H2,1-2,5-6H3,(H,38,41)(H,42,43)/b17-15-,31-8+. The van der Waals surface area contributed by atoms with Crippen molar-refractivity contribution >= 4 is 23.1 Å². The van der Waals surface area contributed by atoms with Crippen LogP contribution in [0.5, 0.6) is 0 Å². The summed E-state index contributed by atoms with van der Waals surface area (Å²) in [6.07, 6.45) is 11.8. The number of carboxylic acids is 1. The zero-order chi connectivity index (χ0) is 32.3. The third-order valence-corrected chi connectivity index (χ3v) is 7.27. The number of hydrogen-bond acceptors (Lipinski definition) is 5. The highest BCUT2D eigenvalue weighted by atomic mass is 16.5. The van der Waals surface area contributed by atoms with E-state index in [1.54, 1.807) is 12.1 Å². The Bertz CT molecular complexity index is 1280. The SMILES string of the molecule is C=C(/C=C\C/C(=C\C)CN(CC(=O)NCCN(C)C)c1cc(C(=O)O)ccc1C(=C)CCCCCC)OCc1ccccc1. The predicted octanol–water partition coefficient (Wildman–Crippen LogP) is 7.48. The van der Waals surface area contributed by atoms with Crippen LogP contribution in [0.2, 0.25) is 0 Å². The highest BCUT2D eigenvalue weighted by Gasteiger charge is 2.20. The summed E-state index contributed by atoms with van der Waals surface area (Å²) < 4.78 is 5.79. The number of nitrogens with zero attached hydrogens (tertiary/aromatic N) is 2. The van der Waals surface area contributed by atoms with Gasteiger partial charge in [0.1, 0.15) is 12.4 Å². The number of unbranched alkanes of at least 4 members (excludes halogenated alkanes) is 3. The fourth-order valence-corrected chi connectivity index (χ4v) is 4.66. The molecule has 0 radical (unpaired) electrons. The van der Waals surface area contributed by atoms with Gasteiger partial charge < -0.3 is 25.0 Å². The Morgan fingerprint density at radius 3 is 2.43 bits per heavy atom. The van der Waals surface area contributed by atoms with Crippen LogP contribution in [0.3, 0.4) is 0 Å². The van der Waals surface area contributed by atoms with Crippen LogP contribution in [0.15, 0.2) is 91.2 Å². The Hall–Kier alpha value is -4.10. The summed E-state index contributed by atoms with van der Waals surface area (Å²) >= 11 is 0. The van der Waals surface area contributed by atoms with Gasteiger partial charge >= 0.3 is 5.97 Å². The largest absolute Gasteiger partial charge is 0.490 e. The van der Waals surface area contributed by atoms with Gasteiger partial charge in [0.15, 0.2) is 0 Å². The van der Waals surface area contributed by atoms with E-state index < -0.39 is 5.97 Å². The van der Waals surface area contributed by atoms with Crippen molar-refractivity contribution < 1.29 is 19.4 Å². The number of carbonyl (C=O) groups excluding carboxylic acids is 1. The molecule has 2 N–H and O–H groups in total. The Labute approximate surface area is 264 Å². The molecular weight excluding hydrogens is 550 g/mol. The number of aromatic carboxylic acids is 1. The second-order valence-electron chi connectivity index (χ2n) is 11.3. The quantitative estimate of drug-likeness (QED) is 0.0668. The number of benzene rings is 2. The molecule has 44 heavy (non-hydrogen) atoms. The topological polar surface area (TPSA) is 82.1 Å². The molecule has 0 atom stereocenters. The normalized spacial score (nSPS) is 11.5. The van der Waals surface area contributed by atoms with E-state index in [1.807, 2.05) is 85.4 Å². The lowest BCUT2D eigenvalue weighted by molar-refractivity contribution is -0.119. The van der Waals surface area contributed by atoms with Crippen molar-refractivity contribution in [2.75, 3.05) is 45.2 Å². The Morgan fingerprint density at radius 2 is 1.77 bits per heavy atom. The molecule has 238 valence electrons. The number of amides is 1. The van der Waals surface area contributed by atoms with Crippen molar-refractivity contribution in [1.82, 2.24) is 10.2 Å². The molecule has 0 aliphatic heterocycles. The molecule has 0 aromatic heterocycles.